The number of halogens is 1. The maximum absolute atomic E-state index is 13.1. The topological polar surface area (TPSA) is 69.7 Å². The number of carbonyl (C=O) groups excluding carboxylic acids is 1. The van der Waals surface area contributed by atoms with E-state index in [9.17, 15) is 13.2 Å². The summed E-state index contributed by atoms with van der Waals surface area (Å²) in [6, 6.07) is 7.18. The van der Waals surface area contributed by atoms with E-state index in [1.807, 2.05) is 17.0 Å². The highest BCUT2D eigenvalue weighted by atomic mass is 35.5. The molecule has 8 heteroatoms. The van der Waals surface area contributed by atoms with Crippen LogP contribution < -0.4 is 5.32 Å². The molecule has 0 radical (unpaired) electrons. The molecule has 2 aliphatic rings. The number of carbonyl (C=O) groups is 1. The molecule has 152 valence electrons. The second kappa shape index (κ2) is 8.47. The van der Waals surface area contributed by atoms with Gasteiger partial charge >= 0.3 is 0 Å². The highest BCUT2D eigenvalue weighted by molar-refractivity contribution is 7.89. The van der Waals surface area contributed by atoms with E-state index in [-0.39, 0.29) is 29.8 Å². The first kappa shape index (κ1) is 22.1. The first-order valence-electron chi connectivity index (χ1n) is 9.30. The van der Waals surface area contributed by atoms with Crippen LogP contribution in [0.2, 0.25) is 0 Å². The van der Waals surface area contributed by atoms with Crippen LogP contribution in [-0.4, -0.2) is 62.3 Å². The van der Waals surface area contributed by atoms with E-state index in [4.69, 9.17) is 0 Å². The lowest BCUT2D eigenvalue weighted by atomic mass is 9.87. The minimum Gasteiger partial charge on any atom is -0.336 e. The van der Waals surface area contributed by atoms with Gasteiger partial charge in [-0.15, -0.1) is 12.4 Å². The molecule has 0 spiro atoms. The lowest BCUT2D eigenvalue weighted by Gasteiger charge is -2.40. The van der Waals surface area contributed by atoms with Gasteiger partial charge in [0.2, 0.25) is 15.9 Å². The van der Waals surface area contributed by atoms with Crippen LogP contribution in [0.1, 0.15) is 39.2 Å². The van der Waals surface area contributed by atoms with Crippen LogP contribution >= 0.6 is 12.4 Å². The number of rotatable bonds is 3. The molecule has 0 aliphatic carbocycles. The Morgan fingerprint density at radius 1 is 1.11 bits per heavy atom. The molecule has 0 bridgehead atoms. The Hall–Kier alpha value is -1.15. The average molecular weight is 416 g/mol. The summed E-state index contributed by atoms with van der Waals surface area (Å²) in [5.41, 5.74) is 1.10. The van der Waals surface area contributed by atoms with E-state index >= 15 is 0 Å². The number of piperazine rings is 1. The Labute approximate surface area is 168 Å². The van der Waals surface area contributed by atoms with Crippen molar-refractivity contribution < 1.29 is 13.2 Å². The quantitative estimate of drug-likeness (QED) is 0.819. The van der Waals surface area contributed by atoms with E-state index in [1.54, 1.807) is 16.4 Å². The molecule has 1 amide bonds. The van der Waals surface area contributed by atoms with Crippen LogP contribution in [-0.2, 0) is 20.2 Å². The van der Waals surface area contributed by atoms with Crippen LogP contribution in [0.4, 0.5) is 0 Å². The van der Waals surface area contributed by atoms with Gasteiger partial charge in [0.1, 0.15) is 0 Å². The Balaban J connectivity index is 0.00000261. The molecule has 6 nitrogen and oxygen atoms in total. The number of sulfonamides is 1. The molecule has 1 unspecified atom stereocenters. The smallest absolute Gasteiger partial charge is 0.243 e. The van der Waals surface area contributed by atoms with Gasteiger partial charge in [-0.25, -0.2) is 8.42 Å². The molecule has 0 aromatic heterocycles. The van der Waals surface area contributed by atoms with Gasteiger partial charge in [0, 0.05) is 32.2 Å². The van der Waals surface area contributed by atoms with Crippen LogP contribution in [0, 0.1) is 0 Å². The largest absolute Gasteiger partial charge is 0.336 e. The second-order valence-corrected chi connectivity index (χ2v) is 10.1. The van der Waals surface area contributed by atoms with Gasteiger partial charge in [0.25, 0.3) is 0 Å². The first-order chi connectivity index (χ1) is 12.2. The van der Waals surface area contributed by atoms with Gasteiger partial charge in [-0.2, -0.15) is 4.31 Å². The fraction of sp³-hybridized carbons (Fsp3) is 0.632. The van der Waals surface area contributed by atoms with Crippen molar-refractivity contribution in [2.24, 2.45) is 0 Å². The van der Waals surface area contributed by atoms with Crippen molar-refractivity contribution in [3.05, 3.63) is 29.8 Å². The molecule has 1 aromatic carbocycles. The van der Waals surface area contributed by atoms with Crippen LogP contribution in [0.5, 0.6) is 0 Å². The zero-order valence-electron chi connectivity index (χ0n) is 16.3. The zero-order chi connectivity index (χ0) is 18.9. The van der Waals surface area contributed by atoms with Crippen molar-refractivity contribution in [3.8, 4) is 0 Å². The number of amides is 1. The number of nitrogens with one attached hydrogen (secondary N) is 1. The highest BCUT2D eigenvalue weighted by Crippen LogP contribution is 2.27. The van der Waals surface area contributed by atoms with Crippen molar-refractivity contribution in [1.29, 1.82) is 0 Å². The summed E-state index contributed by atoms with van der Waals surface area (Å²) in [7, 11) is -3.53. The third kappa shape index (κ3) is 4.83. The molecular formula is C19H30ClN3O3S. The summed E-state index contributed by atoms with van der Waals surface area (Å²) in [6.07, 6.45) is 1.64. The minimum absolute atomic E-state index is 0. The van der Waals surface area contributed by atoms with E-state index in [0.717, 1.165) is 24.9 Å². The molecule has 1 atom stereocenters. The molecule has 2 aliphatic heterocycles. The molecule has 3 rings (SSSR count). The van der Waals surface area contributed by atoms with Crippen molar-refractivity contribution in [3.63, 3.8) is 0 Å². The van der Waals surface area contributed by atoms with Gasteiger partial charge in [-0.05, 0) is 36.0 Å². The SMILES string of the molecule is CC(C)(C)c1ccc(S(=O)(=O)N2CCCC(N3CCNCC3=O)C2)cc1.Cl. The maximum atomic E-state index is 13.1. The van der Waals surface area contributed by atoms with E-state index in [2.05, 4.69) is 26.1 Å². The Morgan fingerprint density at radius 3 is 2.37 bits per heavy atom. The molecule has 27 heavy (non-hydrogen) atoms. The Bertz CT molecular complexity index is 759. The zero-order valence-corrected chi connectivity index (χ0v) is 17.9. The average Bonchev–Trinajstić information content (AvgIpc) is 2.61. The van der Waals surface area contributed by atoms with E-state index < -0.39 is 10.0 Å². The van der Waals surface area contributed by atoms with Gasteiger partial charge in [0.05, 0.1) is 11.4 Å². The van der Waals surface area contributed by atoms with Gasteiger partial charge < -0.3 is 10.2 Å². The third-order valence-electron chi connectivity index (χ3n) is 5.28. The maximum Gasteiger partial charge on any atom is 0.243 e. The molecule has 2 heterocycles. The summed E-state index contributed by atoms with van der Waals surface area (Å²) in [5, 5.41) is 3.07. The molecule has 0 saturated carbocycles. The van der Waals surface area contributed by atoms with Gasteiger partial charge in [-0.3, -0.25) is 4.79 Å². The number of hydrogen-bond acceptors (Lipinski definition) is 4. The van der Waals surface area contributed by atoms with E-state index in [0.29, 0.717) is 31.1 Å². The summed E-state index contributed by atoms with van der Waals surface area (Å²) in [6.45, 7) is 8.98. The summed E-state index contributed by atoms with van der Waals surface area (Å²) >= 11 is 0. The number of nitrogens with zero attached hydrogens (tertiary/aromatic N) is 2. The lowest BCUT2D eigenvalue weighted by Crippen LogP contribution is -2.57. The van der Waals surface area contributed by atoms with Crippen molar-refractivity contribution in [2.45, 2.75) is 50.0 Å². The summed E-state index contributed by atoms with van der Waals surface area (Å²) < 4.78 is 27.7. The van der Waals surface area contributed by atoms with Crippen LogP contribution in [0.15, 0.2) is 29.2 Å². The number of benzene rings is 1. The summed E-state index contributed by atoms with van der Waals surface area (Å²) in [4.78, 5) is 14.3. The number of piperidine rings is 1. The molecule has 1 aromatic rings. The van der Waals surface area contributed by atoms with E-state index in [1.165, 1.54) is 0 Å². The minimum atomic E-state index is -3.53. The predicted octanol–water partition coefficient (Wildman–Crippen LogP) is 1.99. The normalized spacial score (nSPS) is 22.4. The second-order valence-electron chi connectivity index (χ2n) is 8.20. The van der Waals surface area contributed by atoms with Gasteiger partial charge in [-0.1, -0.05) is 32.9 Å². The van der Waals surface area contributed by atoms with Crippen molar-refractivity contribution in [2.75, 3.05) is 32.7 Å². The highest BCUT2D eigenvalue weighted by Gasteiger charge is 2.35. The van der Waals surface area contributed by atoms with Crippen molar-refractivity contribution >= 4 is 28.3 Å². The summed E-state index contributed by atoms with van der Waals surface area (Å²) in [5.74, 6) is 0.0648. The Kier molecular flexibility index (Phi) is 6.95. The molecule has 1 N–H and O–H groups in total. The fourth-order valence-corrected chi connectivity index (χ4v) is 5.19. The van der Waals surface area contributed by atoms with Crippen molar-refractivity contribution in [1.82, 2.24) is 14.5 Å². The third-order valence-corrected chi connectivity index (χ3v) is 7.16. The Morgan fingerprint density at radius 2 is 1.78 bits per heavy atom. The monoisotopic (exact) mass is 415 g/mol. The van der Waals surface area contributed by atoms with Crippen LogP contribution in [0.3, 0.4) is 0 Å². The lowest BCUT2D eigenvalue weighted by molar-refractivity contribution is -0.135. The molecule has 2 saturated heterocycles. The first-order valence-corrected chi connectivity index (χ1v) is 10.7. The predicted molar refractivity (Wildman–Crippen MR) is 109 cm³/mol. The van der Waals surface area contributed by atoms with Crippen LogP contribution in [0.25, 0.3) is 0 Å². The number of hydrogen-bond donors (Lipinski definition) is 1. The van der Waals surface area contributed by atoms with Gasteiger partial charge in [0.15, 0.2) is 0 Å². The standard InChI is InChI=1S/C19H29N3O3S.ClH/c1-19(2,3)15-6-8-17(9-7-15)26(24,25)21-11-4-5-16(14-21)22-12-10-20-13-18(22)23;/h6-9,16,20H,4-5,10-14H2,1-3H3;1H. The molecule has 2 fully saturated rings. The molecular weight excluding hydrogens is 386 g/mol. The fourth-order valence-electron chi connectivity index (χ4n) is 3.68.